The minimum absolute atomic E-state index is 0.168. The van der Waals surface area contributed by atoms with Gasteiger partial charge in [0, 0.05) is 12.6 Å². The Bertz CT molecular complexity index is 709. The number of likely N-dealkylation sites (N-methyl/N-ethyl adjacent to an activating group) is 1. The smallest absolute Gasteiger partial charge is 0.313 e. The third kappa shape index (κ3) is 2.96. The molecule has 0 N–H and O–H groups in total. The van der Waals surface area contributed by atoms with Gasteiger partial charge in [0.1, 0.15) is 5.54 Å². The minimum atomic E-state index is -0.829. The van der Waals surface area contributed by atoms with Crippen LogP contribution in [0.5, 0.6) is 0 Å². The van der Waals surface area contributed by atoms with Gasteiger partial charge in [0.2, 0.25) is 0 Å². The van der Waals surface area contributed by atoms with Crippen molar-refractivity contribution < 1.29 is 14.4 Å². The first-order chi connectivity index (χ1) is 11.9. The van der Waals surface area contributed by atoms with E-state index in [1.54, 1.807) is 24.1 Å². The van der Waals surface area contributed by atoms with E-state index in [2.05, 4.69) is 0 Å². The van der Waals surface area contributed by atoms with Crippen molar-refractivity contribution in [2.75, 3.05) is 13.6 Å². The number of rotatable bonds is 4. The average molecular weight is 342 g/mol. The third-order valence-electron chi connectivity index (χ3n) is 5.93. The van der Waals surface area contributed by atoms with E-state index in [1.165, 1.54) is 6.42 Å². The average Bonchev–Trinajstić information content (AvgIpc) is 2.78. The highest BCUT2D eigenvalue weighted by Crippen LogP contribution is 2.40. The maximum Gasteiger partial charge on any atom is 0.327 e. The Kier molecular flexibility index (Phi) is 4.67. The van der Waals surface area contributed by atoms with Gasteiger partial charge in [0.15, 0.2) is 5.78 Å². The van der Waals surface area contributed by atoms with Crippen LogP contribution in [-0.4, -0.2) is 46.7 Å². The van der Waals surface area contributed by atoms with E-state index in [0.29, 0.717) is 5.56 Å². The summed E-state index contributed by atoms with van der Waals surface area (Å²) >= 11 is 0. The maximum absolute atomic E-state index is 13.1. The molecule has 25 heavy (non-hydrogen) atoms. The summed E-state index contributed by atoms with van der Waals surface area (Å²) in [5, 5.41) is 0. The van der Waals surface area contributed by atoms with Crippen LogP contribution in [0.2, 0.25) is 0 Å². The normalized spacial score (nSPS) is 24.9. The Morgan fingerprint density at radius 2 is 1.88 bits per heavy atom. The van der Waals surface area contributed by atoms with E-state index in [0.717, 1.165) is 36.1 Å². The van der Waals surface area contributed by atoms with Crippen molar-refractivity contribution in [3.05, 3.63) is 35.4 Å². The molecule has 3 amide bonds. The second kappa shape index (κ2) is 6.62. The number of carbonyl (C=O) groups excluding carboxylic acids is 3. The molecule has 1 aromatic carbocycles. The quantitative estimate of drug-likeness (QED) is 0.622. The molecule has 1 aromatic rings. The van der Waals surface area contributed by atoms with Crippen molar-refractivity contribution in [1.82, 2.24) is 9.80 Å². The molecule has 134 valence electrons. The number of imide groups is 1. The van der Waals surface area contributed by atoms with Crippen molar-refractivity contribution >= 4 is 17.7 Å². The monoisotopic (exact) mass is 342 g/mol. The lowest BCUT2D eigenvalue weighted by molar-refractivity contribution is -0.135. The summed E-state index contributed by atoms with van der Waals surface area (Å²) in [7, 11) is 1.69. The number of ketones is 1. The van der Waals surface area contributed by atoms with Gasteiger partial charge in [-0.15, -0.1) is 0 Å². The molecule has 0 spiro atoms. The number of aryl methyl sites for hydroxylation is 1. The van der Waals surface area contributed by atoms with Crippen LogP contribution in [0.15, 0.2) is 24.3 Å². The first-order valence-corrected chi connectivity index (χ1v) is 9.05. The molecule has 1 aliphatic carbocycles. The molecule has 0 radical (unpaired) electrons. The van der Waals surface area contributed by atoms with Gasteiger partial charge < -0.3 is 4.90 Å². The van der Waals surface area contributed by atoms with Gasteiger partial charge >= 0.3 is 6.03 Å². The fourth-order valence-corrected chi connectivity index (χ4v) is 4.19. The van der Waals surface area contributed by atoms with Crippen LogP contribution < -0.4 is 0 Å². The molecule has 3 rings (SSSR count). The molecule has 1 unspecified atom stereocenters. The Balaban J connectivity index is 1.81. The van der Waals surface area contributed by atoms with Crippen LogP contribution in [-0.2, 0) is 4.79 Å². The van der Waals surface area contributed by atoms with Crippen LogP contribution in [0, 0.1) is 12.8 Å². The topological polar surface area (TPSA) is 57.7 Å². The zero-order chi connectivity index (χ0) is 18.2. The molecular formula is C20H26N2O3. The van der Waals surface area contributed by atoms with Crippen LogP contribution in [0.4, 0.5) is 4.79 Å². The fourth-order valence-electron chi connectivity index (χ4n) is 4.19. The van der Waals surface area contributed by atoms with Gasteiger partial charge in [-0.3, -0.25) is 14.5 Å². The standard InChI is InChI=1S/C20H26N2O3/c1-14-8-7-9-15(12-14)17(23)13-22-18(24)20(2,21(3)19(22)25)16-10-5-4-6-11-16/h7-9,12,16H,4-6,10-11,13H2,1-3H3. The summed E-state index contributed by atoms with van der Waals surface area (Å²) in [5.74, 6) is -0.263. The largest absolute Gasteiger partial charge is 0.327 e. The highest BCUT2D eigenvalue weighted by Gasteiger charge is 2.56. The number of nitrogens with zero attached hydrogens (tertiary/aromatic N) is 2. The maximum atomic E-state index is 13.1. The van der Waals surface area contributed by atoms with Crippen molar-refractivity contribution in [3.8, 4) is 0 Å². The molecule has 2 fully saturated rings. The lowest BCUT2D eigenvalue weighted by Crippen LogP contribution is -2.52. The second-order valence-electron chi connectivity index (χ2n) is 7.51. The third-order valence-corrected chi connectivity index (χ3v) is 5.93. The fraction of sp³-hybridized carbons (Fsp3) is 0.550. The Labute approximate surface area is 149 Å². The van der Waals surface area contributed by atoms with E-state index in [4.69, 9.17) is 0 Å². The molecular weight excluding hydrogens is 316 g/mol. The summed E-state index contributed by atoms with van der Waals surface area (Å²) in [4.78, 5) is 41.0. The summed E-state index contributed by atoms with van der Waals surface area (Å²) < 4.78 is 0. The molecule has 2 aliphatic rings. The number of urea groups is 1. The lowest BCUT2D eigenvalue weighted by atomic mass is 9.75. The molecule has 1 saturated carbocycles. The zero-order valence-corrected chi connectivity index (χ0v) is 15.2. The SMILES string of the molecule is Cc1cccc(C(=O)CN2C(=O)N(C)C(C)(C3CCCCC3)C2=O)c1. The van der Waals surface area contributed by atoms with E-state index in [-0.39, 0.29) is 30.2 Å². The molecule has 1 heterocycles. The molecule has 1 atom stereocenters. The van der Waals surface area contributed by atoms with Crippen molar-refractivity contribution in [1.29, 1.82) is 0 Å². The summed E-state index contributed by atoms with van der Waals surface area (Å²) in [6.07, 6.45) is 5.29. The molecule has 1 saturated heterocycles. The van der Waals surface area contributed by atoms with E-state index in [1.807, 2.05) is 26.0 Å². The van der Waals surface area contributed by atoms with Gasteiger partial charge in [0.05, 0.1) is 6.54 Å². The molecule has 5 nitrogen and oxygen atoms in total. The Morgan fingerprint density at radius 3 is 2.52 bits per heavy atom. The Hall–Kier alpha value is -2.17. The minimum Gasteiger partial charge on any atom is -0.313 e. The van der Waals surface area contributed by atoms with Crippen LogP contribution >= 0.6 is 0 Å². The molecule has 0 bridgehead atoms. The highest BCUT2D eigenvalue weighted by atomic mass is 16.2. The zero-order valence-electron chi connectivity index (χ0n) is 15.2. The van der Waals surface area contributed by atoms with Gasteiger partial charge in [-0.25, -0.2) is 4.79 Å². The first-order valence-electron chi connectivity index (χ1n) is 9.05. The van der Waals surface area contributed by atoms with Crippen molar-refractivity contribution in [3.63, 3.8) is 0 Å². The lowest BCUT2D eigenvalue weighted by Gasteiger charge is -2.38. The number of hydrogen-bond acceptors (Lipinski definition) is 3. The second-order valence-corrected chi connectivity index (χ2v) is 7.51. The summed E-state index contributed by atoms with van der Waals surface area (Å²) in [6.45, 7) is 3.59. The van der Waals surface area contributed by atoms with E-state index in [9.17, 15) is 14.4 Å². The van der Waals surface area contributed by atoms with E-state index >= 15 is 0 Å². The van der Waals surface area contributed by atoms with Gasteiger partial charge in [-0.2, -0.15) is 0 Å². The van der Waals surface area contributed by atoms with Crippen LogP contribution in [0.25, 0.3) is 0 Å². The molecule has 5 heteroatoms. The molecule has 0 aromatic heterocycles. The summed E-state index contributed by atoms with van der Waals surface area (Å²) in [6, 6.07) is 6.88. The predicted molar refractivity (Wildman–Crippen MR) is 95.4 cm³/mol. The van der Waals surface area contributed by atoms with Gasteiger partial charge in [-0.05, 0) is 38.7 Å². The van der Waals surface area contributed by atoms with Crippen molar-refractivity contribution in [2.24, 2.45) is 5.92 Å². The first kappa shape index (κ1) is 17.6. The number of carbonyl (C=O) groups is 3. The van der Waals surface area contributed by atoms with Crippen molar-refractivity contribution in [2.45, 2.75) is 51.5 Å². The number of Topliss-reactive ketones (excluding diaryl/α,β-unsaturated/α-hetero) is 1. The number of amides is 3. The number of hydrogen-bond donors (Lipinski definition) is 0. The van der Waals surface area contributed by atoms with Gasteiger partial charge in [-0.1, -0.05) is 43.0 Å². The summed E-state index contributed by atoms with van der Waals surface area (Å²) in [5.41, 5.74) is 0.688. The van der Waals surface area contributed by atoms with Crippen LogP contribution in [0.1, 0.15) is 54.9 Å². The number of benzene rings is 1. The highest BCUT2D eigenvalue weighted by molar-refractivity contribution is 6.11. The van der Waals surface area contributed by atoms with Crippen LogP contribution in [0.3, 0.4) is 0 Å². The molecule has 1 aliphatic heterocycles. The predicted octanol–water partition coefficient (Wildman–Crippen LogP) is 3.41. The van der Waals surface area contributed by atoms with Gasteiger partial charge in [0.25, 0.3) is 5.91 Å². The Morgan fingerprint density at radius 1 is 1.20 bits per heavy atom. The van der Waals surface area contributed by atoms with E-state index < -0.39 is 5.54 Å².